The van der Waals surface area contributed by atoms with Crippen molar-refractivity contribution in [2.45, 2.75) is 37.1 Å². The molecule has 1 amide bonds. The van der Waals surface area contributed by atoms with E-state index < -0.39 is 48.7 Å². The fourth-order valence-electron chi connectivity index (χ4n) is 1.54. The van der Waals surface area contributed by atoms with E-state index in [4.69, 9.17) is 10.5 Å². The summed E-state index contributed by atoms with van der Waals surface area (Å²) in [6.07, 6.45) is -7.04. The summed E-state index contributed by atoms with van der Waals surface area (Å²) < 4.78 is 9.25. The molecular formula is C9H15NO8. The van der Waals surface area contributed by atoms with E-state index in [0.717, 1.165) is 6.92 Å². The number of aliphatic hydroxyl groups is 4. The third-order valence-electron chi connectivity index (χ3n) is 2.59. The normalized spacial score (nSPS) is 40.3. The lowest BCUT2D eigenvalue weighted by atomic mass is 9.92. The molecule has 18 heavy (non-hydrogen) atoms. The first-order valence-electron chi connectivity index (χ1n) is 5.07. The Bertz CT molecular complexity index is 347. The van der Waals surface area contributed by atoms with Gasteiger partial charge in [-0.2, -0.15) is 0 Å². The number of nitrogens with two attached hydrogens (primary N) is 1. The quantitative estimate of drug-likeness (QED) is 0.325. The Labute approximate surface area is 102 Å². The van der Waals surface area contributed by atoms with Gasteiger partial charge in [0.15, 0.2) is 0 Å². The SMILES string of the molecule is CC(=O)OC[C@H]1O[C@@](O)(C(N)=O)[C@H](O)[C@@H](O)[C@@H]1O. The molecule has 0 aromatic carbocycles. The first-order chi connectivity index (χ1) is 8.20. The second-order valence-electron chi connectivity index (χ2n) is 3.95. The molecule has 0 aromatic heterocycles. The first kappa shape index (κ1) is 14.8. The van der Waals surface area contributed by atoms with Crippen molar-refractivity contribution < 1.29 is 39.5 Å². The van der Waals surface area contributed by atoms with Gasteiger partial charge in [-0.05, 0) is 0 Å². The van der Waals surface area contributed by atoms with Crippen molar-refractivity contribution in [1.82, 2.24) is 0 Å². The average Bonchev–Trinajstić information content (AvgIpc) is 2.29. The molecule has 104 valence electrons. The Hall–Kier alpha value is -1.26. The molecule has 1 fully saturated rings. The fraction of sp³-hybridized carbons (Fsp3) is 0.778. The monoisotopic (exact) mass is 265 g/mol. The highest BCUT2D eigenvalue weighted by atomic mass is 16.7. The maximum Gasteiger partial charge on any atom is 0.302 e. The zero-order valence-electron chi connectivity index (χ0n) is 9.52. The van der Waals surface area contributed by atoms with Crippen molar-refractivity contribution in [3.05, 3.63) is 0 Å². The molecule has 0 aromatic rings. The van der Waals surface area contributed by atoms with Gasteiger partial charge in [0.1, 0.15) is 31.0 Å². The van der Waals surface area contributed by atoms with Crippen molar-refractivity contribution in [3.8, 4) is 0 Å². The fourth-order valence-corrected chi connectivity index (χ4v) is 1.54. The molecule has 5 atom stereocenters. The largest absolute Gasteiger partial charge is 0.463 e. The molecule has 0 spiro atoms. The number of hydrogen-bond acceptors (Lipinski definition) is 8. The first-order valence-corrected chi connectivity index (χ1v) is 5.07. The van der Waals surface area contributed by atoms with Crippen molar-refractivity contribution in [1.29, 1.82) is 0 Å². The van der Waals surface area contributed by atoms with E-state index in [1.54, 1.807) is 0 Å². The third kappa shape index (κ3) is 2.60. The summed E-state index contributed by atoms with van der Waals surface area (Å²) in [7, 11) is 0. The van der Waals surface area contributed by atoms with Crippen molar-refractivity contribution in [2.75, 3.05) is 6.61 Å². The molecule has 0 saturated carbocycles. The van der Waals surface area contributed by atoms with E-state index in [-0.39, 0.29) is 0 Å². The predicted molar refractivity (Wildman–Crippen MR) is 53.7 cm³/mol. The van der Waals surface area contributed by atoms with Crippen LogP contribution in [0.3, 0.4) is 0 Å². The minimum absolute atomic E-state index is 0.518. The van der Waals surface area contributed by atoms with E-state index in [0.29, 0.717) is 0 Å². The van der Waals surface area contributed by atoms with Gasteiger partial charge in [-0.3, -0.25) is 9.59 Å². The Morgan fingerprint density at radius 2 is 1.89 bits per heavy atom. The molecule has 0 radical (unpaired) electrons. The van der Waals surface area contributed by atoms with Crippen LogP contribution in [0.25, 0.3) is 0 Å². The highest BCUT2D eigenvalue weighted by molar-refractivity contribution is 5.82. The van der Waals surface area contributed by atoms with Crippen LogP contribution in [0.5, 0.6) is 0 Å². The molecule has 1 heterocycles. The van der Waals surface area contributed by atoms with Crippen LogP contribution in [0, 0.1) is 0 Å². The predicted octanol–water partition coefficient (Wildman–Crippen LogP) is -3.80. The molecular weight excluding hydrogens is 250 g/mol. The molecule has 0 bridgehead atoms. The van der Waals surface area contributed by atoms with Crippen LogP contribution in [0.15, 0.2) is 0 Å². The number of rotatable bonds is 3. The molecule has 0 aliphatic carbocycles. The Morgan fingerprint density at radius 3 is 2.33 bits per heavy atom. The highest BCUT2D eigenvalue weighted by Crippen LogP contribution is 2.28. The maximum absolute atomic E-state index is 11.0. The summed E-state index contributed by atoms with van der Waals surface area (Å²) >= 11 is 0. The van der Waals surface area contributed by atoms with E-state index in [2.05, 4.69) is 4.74 Å². The van der Waals surface area contributed by atoms with Crippen molar-refractivity contribution in [2.24, 2.45) is 5.73 Å². The van der Waals surface area contributed by atoms with E-state index in [1.165, 1.54) is 0 Å². The highest BCUT2D eigenvalue weighted by Gasteiger charge is 2.56. The number of amides is 1. The summed E-state index contributed by atoms with van der Waals surface area (Å²) in [5, 5.41) is 38.1. The van der Waals surface area contributed by atoms with Crippen LogP contribution in [-0.2, 0) is 19.1 Å². The number of carbonyl (C=O) groups is 2. The number of carbonyl (C=O) groups excluding carboxylic acids is 2. The Morgan fingerprint density at radius 1 is 1.33 bits per heavy atom. The lowest BCUT2D eigenvalue weighted by Crippen LogP contribution is -2.69. The maximum atomic E-state index is 11.0. The minimum Gasteiger partial charge on any atom is -0.463 e. The molecule has 6 N–H and O–H groups in total. The lowest BCUT2D eigenvalue weighted by molar-refractivity contribution is -0.330. The van der Waals surface area contributed by atoms with Gasteiger partial charge in [-0.1, -0.05) is 0 Å². The molecule has 9 nitrogen and oxygen atoms in total. The molecule has 1 saturated heterocycles. The summed E-state index contributed by atoms with van der Waals surface area (Å²) in [6, 6.07) is 0. The van der Waals surface area contributed by atoms with Crippen LogP contribution < -0.4 is 5.73 Å². The van der Waals surface area contributed by atoms with Crippen LogP contribution in [-0.4, -0.2) is 69.1 Å². The summed E-state index contributed by atoms with van der Waals surface area (Å²) in [5.74, 6) is -4.98. The summed E-state index contributed by atoms with van der Waals surface area (Å²) in [4.78, 5) is 21.6. The topological polar surface area (TPSA) is 160 Å². The molecule has 1 aliphatic rings. The Kier molecular flexibility index (Phi) is 4.24. The third-order valence-corrected chi connectivity index (χ3v) is 2.59. The second-order valence-corrected chi connectivity index (χ2v) is 3.95. The van der Waals surface area contributed by atoms with Crippen LogP contribution in [0.1, 0.15) is 6.92 Å². The second kappa shape index (κ2) is 5.16. The van der Waals surface area contributed by atoms with E-state index in [9.17, 15) is 30.0 Å². The number of primary amides is 1. The number of hydrogen-bond donors (Lipinski definition) is 5. The summed E-state index contributed by atoms with van der Waals surface area (Å²) in [5.41, 5.74) is 4.84. The van der Waals surface area contributed by atoms with Gasteiger partial charge in [0, 0.05) is 6.92 Å². The molecule has 1 aliphatic heterocycles. The van der Waals surface area contributed by atoms with E-state index in [1.807, 2.05) is 0 Å². The standard InChI is InChI=1S/C9H15NO8/c1-3(11)17-2-4-5(12)6(13)7(14)9(16,18-4)8(10)15/h4-7,12-14,16H,2H2,1H3,(H2,10,15)/t4-,5-,6+,7-,9-/m1/s1. The Balaban J connectivity index is 2.87. The summed E-state index contributed by atoms with van der Waals surface area (Å²) in [6.45, 7) is 0.580. The van der Waals surface area contributed by atoms with Gasteiger partial charge >= 0.3 is 5.97 Å². The van der Waals surface area contributed by atoms with Gasteiger partial charge < -0.3 is 35.6 Å². The van der Waals surface area contributed by atoms with Crippen LogP contribution in [0.4, 0.5) is 0 Å². The van der Waals surface area contributed by atoms with Gasteiger partial charge in [-0.15, -0.1) is 0 Å². The number of ether oxygens (including phenoxy) is 2. The smallest absolute Gasteiger partial charge is 0.302 e. The van der Waals surface area contributed by atoms with Gasteiger partial charge in [-0.25, -0.2) is 0 Å². The molecule has 1 rings (SSSR count). The van der Waals surface area contributed by atoms with Crippen LogP contribution in [0.2, 0.25) is 0 Å². The molecule has 9 heteroatoms. The van der Waals surface area contributed by atoms with Gasteiger partial charge in [0.2, 0.25) is 0 Å². The van der Waals surface area contributed by atoms with Crippen molar-refractivity contribution in [3.63, 3.8) is 0 Å². The number of esters is 1. The van der Waals surface area contributed by atoms with Gasteiger partial charge in [0.05, 0.1) is 0 Å². The molecule has 0 unspecified atom stereocenters. The minimum atomic E-state index is -2.86. The van der Waals surface area contributed by atoms with Crippen LogP contribution >= 0.6 is 0 Å². The zero-order valence-corrected chi connectivity index (χ0v) is 9.52. The average molecular weight is 265 g/mol. The zero-order chi connectivity index (χ0) is 14.1. The lowest BCUT2D eigenvalue weighted by Gasteiger charge is -2.43. The van der Waals surface area contributed by atoms with E-state index >= 15 is 0 Å². The van der Waals surface area contributed by atoms with Crippen molar-refractivity contribution >= 4 is 11.9 Å². The van der Waals surface area contributed by atoms with Gasteiger partial charge in [0.25, 0.3) is 11.7 Å². The number of aliphatic hydroxyl groups excluding tert-OH is 3.